The van der Waals surface area contributed by atoms with Crippen molar-refractivity contribution in [2.45, 2.75) is 32.1 Å². The first-order valence-electron chi connectivity index (χ1n) is 6.78. The number of aliphatic hydroxyl groups excluding tert-OH is 1. The molecule has 4 nitrogen and oxygen atoms in total. The minimum atomic E-state index is 0.0672. The summed E-state index contributed by atoms with van der Waals surface area (Å²) < 4.78 is 10.8. The first kappa shape index (κ1) is 14.3. The SMILES string of the molecule is COc1ccc(CO)cc1CN1CCCC(OC)C1. The summed E-state index contributed by atoms with van der Waals surface area (Å²) in [5, 5.41) is 9.24. The van der Waals surface area contributed by atoms with E-state index in [1.165, 1.54) is 6.42 Å². The highest BCUT2D eigenvalue weighted by atomic mass is 16.5. The third-order valence-electron chi connectivity index (χ3n) is 3.72. The molecule has 0 amide bonds. The van der Waals surface area contributed by atoms with Crippen molar-refractivity contribution in [3.8, 4) is 5.75 Å². The number of aliphatic hydroxyl groups is 1. The van der Waals surface area contributed by atoms with Gasteiger partial charge in [-0.05, 0) is 37.1 Å². The number of rotatable bonds is 5. The van der Waals surface area contributed by atoms with Gasteiger partial charge in [-0.1, -0.05) is 6.07 Å². The van der Waals surface area contributed by atoms with Crippen LogP contribution in [0.25, 0.3) is 0 Å². The van der Waals surface area contributed by atoms with Gasteiger partial charge in [0.2, 0.25) is 0 Å². The lowest BCUT2D eigenvalue weighted by atomic mass is 10.1. The van der Waals surface area contributed by atoms with Gasteiger partial charge in [-0.25, -0.2) is 0 Å². The molecule has 0 aliphatic carbocycles. The van der Waals surface area contributed by atoms with Crippen LogP contribution in [0.3, 0.4) is 0 Å². The van der Waals surface area contributed by atoms with E-state index < -0.39 is 0 Å². The minimum absolute atomic E-state index is 0.0672. The zero-order chi connectivity index (χ0) is 13.7. The average Bonchev–Trinajstić information content (AvgIpc) is 2.47. The molecule has 1 aliphatic rings. The Morgan fingerprint density at radius 2 is 2.21 bits per heavy atom. The molecular weight excluding hydrogens is 242 g/mol. The summed E-state index contributed by atoms with van der Waals surface area (Å²) in [6, 6.07) is 5.85. The lowest BCUT2D eigenvalue weighted by Gasteiger charge is -2.32. The first-order valence-corrected chi connectivity index (χ1v) is 6.78. The Bertz CT molecular complexity index is 408. The van der Waals surface area contributed by atoms with Crippen LogP contribution in [0.4, 0.5) is 0 Å². The molecule has 0 spiro atoms. The van der Waals surface area contributed by atoms with Crippen LogP contribution in [0, 0.1) is 0 Å². The van der Waals surface area contributed by atoms with E-state index in [4.69, 9.17) is 9.47 Å². The second-order valence-corrected chi connectivity index (χ2v) is 5.04. The molecule has 106 valence electrons. The van der Waals surface area contributed by atoms with Gasteiger partial charge in [-0.3, -0.25) is 4.90 Å². The van der Waals surface area contributed by atoms with E-state index in [-0.39, 0.29) is 6.61 Å². The van der Waals surface area contributed by atoms with Gasteiger partial charge in [0.1, 0.15) is 5.75 Å². The zero-order valence-electron chi connectivity index (χ0n) is 11.8. The molecule has 0 radical (unpaired) electrons. The molecule has 4 heteroatoms. The first-order chi connectivity index (χ1) is 9.26. The van der Waals surface area contributed by atoms with Crippen molar-refractivity contribution in [3.05, 3.63) is 29.3 Å². The largest absolute Gasteiger partial charge is 0.496 e. The van der Waals surface area contributed by atoms with Crippen molar-refractivity contribution in [2.24, 2.45) is 0 Å². The maximum Gasteiger partial charge on any atom is 0.123 e. The van der Waals surface area contributed by atoms with Crippen molar-refractivity contribution < 1.29 is 14.6 Å². The highest BCUT2D eigenvalue weighted by Crippen LogP contribution is 2.23. The van der Waals surface area contributed by atoms with Crippen LogP contribution in [0.1, 0.15) is 24.0 Å². The van der Waals surface area contributed by atoms with Gasteiger partial charge >= 0.3 is 0 Å². The highest BCUT2D eigenvalue weighted by Gasteiger charge is 2.20. The quantitative estimate of drug-likeness (QED) is 0.881. The predicted molar refractivity (Wildman–Crippen MR) is 74.2 cm³/mol. The second kappa shape index (κ2) is 6.89. The third-order valence-corrected chi connectivity index (χ3v) is 3.72. The lowest BCUT2D eigenvalue weighted by molar-refractivity contribution is 0.0283. The molecular formula is C15H23NO3. The smallest absolute Gasteiger partial charge is 0.123 e. The Kier molecular flexibility index (Phi) is 5.19. The molecule has 1 heterocycles. The second-order valence-electron chi connectivity index (χ2n) is 5.04. The van der Waals surface area contributed by atoms with Crippen LogP contribution >= 0.6 is 0 Å². The van der Waals surface area contributed by atoms with Crippen LogP contribution in [0.2, 0.25) is 0 Å². The van der Waals surface area contributed by atoms with E-state index >= 15 is 0 Å². The lowest BCUT2D eigenvalue weighted by Crippen LogP contribution is -2.38. The van der Waals surface area contributed by atoms with Gasteiger partial charge in [0.05, 0.1) is 19.8 Å². The molecule has 0 bridgehead atoms. The molecule has 1 N–H and O–H groups in total. The Morgan fingerprint density at radius 3 is 2.89 bits per heavy atom. The maximum atomic E-state index is 9.24. The van der Waals surface area contributed by atoms with E-state index in [9.17, 15) is 5.11 Å². The molecule has 1 aromatic carbocycles. The van der Waals surface area contributed by atoms with Crippen molar-refractivity contribution in [1.82, 2.24) is 4.90 Å². The topological polar surface area (TPSA) is 41.9 Å². The Morgan fingerprint density at radius 1 is 1.37 bits per heavy atom. The highest BCUT2D eigenvalue weighted by molar-refractivity contribution is 5.37. The van der Waals surface area contributed by atoms with Gasteiger partial charge in [0, 0.05) is 25.8 Å². The van der Waals surface area contributed by atoms with E-state index in [2.05, 4.69) is 4.90 Å². The monoisotopic (exact) mass is 265 g/mol. The molecule has 0 saturated carbocycles. The number of ether oxygens (including phenoxy) is 2. The normalized spacial score (nSPS) is 20.5. The molecule has 1 unspecified atom stereocenters. The van der Waals surface area contributed by atoms with Crippen molar-refractivity contribution in [1.29, 1.82) is 0 Å². The molecule has 1 aliphatic heterocycles. The molecule has 19 heavy (non-hydrogen) atoms. The number of nitrogens with zero attached hydrogens (tertiary/aromatic N) is 1. The van der Waals surface area contributed by atoms with Gasteiger partial charge < -0.3 is 14.6 Å². The molecule has 1 atom stereocenters. The Labute approximate surface area is 114 Å². The number of benzene rings is 1. The summed E-state index contributed by atoms with van der Waals surface area (Å²) in [5.41, 5.74) is 2.06. The average molecular weight is 265 g/mol. The predicted octanol–water partition coefficient (Wildman–Crippen LogP) is 1.80. The summed E-state index contributed by atoms with van der Waals surface area (Å²) in [5.74, 6) is 0.886. The van der Waals surface area contributed by atoms with E-state index in [1.807, 2.05) is 18.2 Å². The number of hydrogen-bond donors (Lipinski definition) is 1. The molecule has 2 rings (SSSR count). The fourth-order valence-corrected chi connectivity index (χ4v) is 2.64. The van der Waals surface area contributed by atoms with Crippen LogP contribution in [0.15, 0.2) is 18.2 Å². The number of piperidine rings is 1. The van der Waals surface area contributed by atoms with Crippen LogP contribution < -0.4 is 4.74 Å². The fraction of sp³-hybridized carbons (Fsp3) is 0.600. The van der Waals surface area contributed by atoms with Crippen LogP contribution in [-0.4, -0.2) is 43.4 Å². The van der Waals surface area contributed by atoms with Crippen molar-refractivity contribution in [3.63, 3.8) is 0 Å². The van der Waals surface area contributed by atoms with Gasteiger partial charge in [0.15, 0.2) is 0 Å². The summed E-state index contributed by atoms with van der Waals surface area (Å²) in [6.07, 6.45) is 2.64. The van der Waals surface area contributed by atoms with Gasteiger partial charge in [-0.15, -0.1) is 0 Å². The summed E-state index contributed by atoms with van der Waals surface area (Å²) >= 11 is 0. The summed E-state index contributed by atoms with van der Waals surface area (Å²) in [6.45, 7) is 2.96. The number of likely N-dealkylation sites (tertiary alicyclic amines) is 1. The third kappa shape index (κ3) is 3.69. The van der Waals surface area contributed by atoms with Crippen LogP contribution in [0.5, 0.6) is 5.75 Å². The molecule has 1 fully saturated rings. The minimum Gasteiger partial charge on any atom is -0.496 e. The van der Waals surface area contributed by atoms with Gasteiger partial charge in [0.25, 0.3) is 0 Å². The zero-order valence-corrected chi connectivity index (χ0v) is 11.8. The maximum absolute atomic E-state index is 9.24. The number of methoxy groups -OCH3 is 2. The van der Waals surface area contributed by atoms with Crippen molar-refractivity contribution >= 4 is 0 Å². The van der Waals surface area contributed by atoms with Gasteiger partial charge in [-0.2, -0.15) is 0 Å². The van der Waals surface area contributed by atoms with E-state index in [1.54, 1.807) is 14.2 Å². The standard InChI is InChI=1S/C15H23NO3/c1-18-14-4-3-7-16(10-14)9-13-8-12(11-17)5-6-15(13)19-2/h5-6,8,14,17H,3-4,7,9-11H2,1-2H3. The van der Waals surface area contributed by atoms with E-state index in [0.29, 0.717) is 6.10 Å². The van der Waals surface area contributed by atoms with Crippen LogP contribution in [-0.2, 0) is 17.9 Å². The molecule has 0 aromatic heterocycles. The molecule has 1 aromatic rings. The molecule has 1 saturated heterocycles. The fourth-order valence-electron chi connectivity index (χ4n) is 2.64. The Hall–Kier alpha value is -1.10. The number of hydrogen-bond acceptors (Lipinski definition) is 4. The summed E-state index contributed by atoms with van der Waals surface area (Å²) in [4.78, 5) is 2.39. The van der Waals surface area contributed by atoms with E-state index in [0.717, 1.165) is 42.9 Å². The Balaban J connectivity index is 2.08. The van der Waals surface area contributed by atoms with Crippen molar-refractivity contribution in [2.75, 3.05) is 27.3 Å². The summed E-state index contributed by atoms with van der Waals surface area (Å²) in [7, 11) is 3.47.